The Morgan fingerprint density at radius 1 is 1.04 bits per heavy atom. The van der Waals surface area contributed by atoms with Crippen LogP contribution in [0.25, 0.3) is 0 Å². The summed E-state index contributed by atoms with van der Waals surface area (Å²) in [6.07, 6.45) is 1.22. The zero-order valence-corrected chi connectivity index (χ0v) is 14.3. The minimum Gasteiger partial charge on any atom is -0.481 e. The topological polar surface area (TPSA) is 38.3 Å². The molecule has 0 aliphatic rings. The van der Waals surface area contributed by atoms with E-state index in [4.69, 9.17) is 4.74 Å². The Balaban J connectivity index is 2.10. The summed E-state index contributed by atoms with van der Waals surface area (Å²) in [5.41, 5.74) is 4.40. The van der Waals surface area contributed by atoms with Crippen molar-refractivity contribution >= 4 is 11.6 Å². The molecule has 0 saturated heterocycles. The molecule has 3 nitrogen and oxygen atoms in total. The van der Waals surface area contributed by atoms with Crippen LogP contribution in [0, 0.1) is 6.92 Å². The number of anilines is 1. The number of benzene rings is 2. The van der Waals surface area contributed by atoms with E-state index >= 15 is 0 Å². The summed E-state index contributed by atoms with van der Waals surface area (Å²) in [5.74, 6) is 0.582. The molecule has 2 aromatic carbocycles. The number of hydrogen-bond donors (Lipinski definition) is 1. The van der Waals surface area contributed by atoms with Gasteiger partial charge in [0.15, 0.2) is 6.10 Å². The zero-order valence-electron chi connectivity index (χ0n) is 14.3. The number of carbonyl (C=O) groups excluding carboxylic acids is 1. The maximum atomic E-state index is 12.5. The van der Waals surface area contributed by atoms with Crippen molar-refractivity contribution in [2.24, 2.45) is 0 Å². The predicted octanol–water partition coefficient (Wildman–Crippen LogP) is 4.53. The maximum Gasteiger partial charge on any atom is 0.265 e. The minimum absolute atomic E-state index is 0.124. The third kappa shape index (κ3) is 4.35. The molecule has 2 rings (SSSR count). The second kappa shape index (κ2) is 7.82. The predicted molar refractivity (Wildman–Crippen MR) is 95.1 cm³/mol. The third-order valence-electron chi connectivity index (χ3n) is 3.95. The van der Waals surface area contributed by atoms with Crippen molar-refractivity contribution in [3.63, 3.8) is 0 Å². The highest BCUT2D eigenvalue weighted by Gasteiger charge is 2.17. The van der Waals surface area contributed by atoms with Gasteiger partial charge in [-0.15, -0.1) is 0 Å². The van der Waals surface area contributed by atoms with Gasteiger partial charge in [-0.1, -0.05) is 49.7 Å². The molecule has 0 bridgehead atoms. The van der Waals surface area contributed by atoms with Crippen LogP contribution >= 0.6 is 0 Å². The van der Waals surface area contributed by atoms with E-state index < -0.39 is 6.10 Å². The molecule has 23 heavy (non-hydrogen) atoms. The van der Waals surface area contributed by atoms with E-state index in [1.165, 1.54) is 5.56 Å². The van der Waals surface area contributed by atoms with Gasteiger partial charge in [0.1, 0.15) is 5.75 Å². The first kappa shape index (κ1) is 17.1. The third-order valence-corrected chi connectivity index (χ3v) is 3.95. The number of rotatable bonds is 6. The smallest absolute Gasteiger partial charge is 0.265 e. The van der Waals surface area contributed by atoms with Crippen LogP contribution in [-0.2, 0) is 17.6 Å². The molecule has 2 aromatic rings. The van der Waals surface area contributed by atoms with Crippen LogP contribution in [0.1, 0.15) is 37.5 Å². The summed E-state index contributed by atoms with van der Waals surface area (Å²) in [6, 6.07) is 13.9. The van der Waals surface area contributed by atoms with E-state index in [1.807, 2.05) is 37.3 Å². The number of hydrogen-bond acceptors (Lipinski definition) is 2. The Hall–Kier alpha value is -2.29. The first-order valence-electron chi connectivity index (χ1n) is 8.20. The fourth-order valence-corrected chi connectivity index (χ4v) is 2.50. The second-order valence-corrected chi connectivity index (χ2v) is 5.72. The first-order valence-corrected chi connectivity index (χ1v) is 8.20. The largest absolute Gasteiger partial charge is 0.481 e. The van der Waals surface area contributed by atoms with E-state index in [1.54, 1.807) is 6.92 Å². The van der Waals surface area contributed by atoms with Crippen LogP contribution in [0.3, 0.4) is 0 Å². The molecule has 0 radical (unpaired) electrons. The monoisotopic (exact) mass is 311 g/mol. The number of ether oxygens (including phenoxy) is 1. The van der Waals surface area contributed by atoms with Gasteiger partial charge >= 0.3 is 0 Å². The summed E-state index contributed by atoms with van der Waals surface area (Å²) in [7, 11) is 0. The molecule has 0 saturated carbocycles. The lowest BCUT2D eigenvalue weighted by molar-refractivity contribution is -0.122. The number of amides is 1. The molecule has 1 amide bonds. The SMILES string of the molecule is CCc1cccc(CC)c1NC(=O)[C@@H](C)Oc1ccc(C)cc1. The van der Waals surface area contributed by atoms with E-state index in [2.05, 4.69) is 31.3 Å². The lowest BCUT2D eigenvalue weighted by Gasteiger charge is -2.18. The summed E-state index contributed by atoms with van der Waals surface area (Å²) >= 11 is 0. The molecule has 0 fully saturated rings. The van der Waals surface area contributed by atoms with Crippen LogP contribution in [0.5, 0.6) is 5.75 Å². The van der Waals surface area contributed by atoms with Crippen LogP contribution in [-0.4, -0.2) is 12.0 Å². The van der Waals surface area contributed by atoms with Gasteiger partial charge < -0.3 is 10.1 Å². The highest BCUT2D eigenvalue weighted by Crippen LogP contribution is 2.23. The van der Waals surface area contributed by atoms with Crippen LogP contribution in [0.2, 0.25) is 0 Å². The molecule has 122 valence electrons. The quantitative estimate of drug-likeness (QED) is 0.851. The zero-order chi connectivity index (χ0) is 16.8. The molecular formula is C20H25NO2. The molecule has 3 heteroatoms. The highest BCUT2D eigenvalue weighted by atomic mass is 16.5. The fraction of sp³-hybridized carbons (Fsp3) is 0.350. The number of aryl methyl sites for hydroxylation is 3. The Morgan fingerprint density at radius 3 is 2.13 bits per heavy atom. The number of para-hydroxylation sites is 1. The van der Waals surface area contributed by atoms with Crippen LogP contribution < -0.4 is 10.1 Å². The van der Waals surface area contributed by atoms with Gasteiger partial charge in [0.25, 0.3) is 5.91 Å². The Kier molecular flexibility index (Phi) is 5.80. The van der Waals surface area contributed by atoms with Crippen molar-refractivity contribution < 1.29 is 9.53 Å². The van der Waals surface area contributed by atoms with Crippen LogP contribution in [0.15, 0.2) is 42.5 Å². The molecule has 0 spiro atoms. The minimum atomic E-state index is -0.549. The lowest BCUT2D eigenvalue weighted by atomic mass is 10.0. The van der Waals surface area contributed by atoms with Crippen molar-refractivity contribution in [3.05, 3.63) is 59.2 Å². The molecule has 0 aliphatic heterocycles. The van der Waals surface area contributed by atoms with Gasteiger partial charge in [-0.05, 0) is 49.9 Å². The van der Waals surface area contributed by atoms with E-state index in [0.29, 0.717) is 5.75 Å². The van der Waals surface area contributed by atoms with Gasteiger partial charge in [-0.2, -0.15) is 0 Å². The standard InChI is InChI=1S/C20H25NO2/c1-5-16-8-7-9-17(6-2)19(16)21-20(22)15(4)23-18-12-10-14(3)11-13-18/h7-13,15H,5-6H2,1-4H3,(H,21,22)/t15-/m1/s1. The van der Waals surface area contributed by atoms with Gasteiger partial charge in [-0.25, -0.2) is 0 Å². The van der Waals surface area contributed by atoms with Crippen molar-refractivity contribution in [1.29, 1.82) is 0 Å². The van der Waals surface area contributed by atoms with Crippen molar-refractivity contribution in [3.8, 4) is 5.75 Å². The molecule has 0 aliphatic carbocycles. The molecule has 0 unspecified atom stereocenters. The molecule has 1 atom stereocenters. The van der Waals surface area contributed by atoms with Gasteiger partial charge in [0.05, 0.1) is 0 Å². The maximum absolute atomic E-state index is 12.5. The summed E-state index contributed by atoms with van der Waals surface area (Å²) in [6.45, 7) is 7.98. The fourth-order valence-electron chi connectivity index (χ4n) is 2.50. The molecule has 1 N–H and O–H groups in total. The van der Waals surface area contributed by atoms with E-state index in [-0.39, 0.29) is 5.91 Å². The number of carbonyl (C=O) groups is 1. The molecule has 0 aromatic heterocycles. The first-order chi connectivity index (χ1) is 11.0. The Bertz CT molecular complexity index is 640. The van der Waals surface area contributed by atoms with E-state index in [9.17, 15) is 4.79 Å². The Morgan fingerprint density at radius 2 is 1.61 bits per heavy atom. The normalized spacial score (nSPS) is 11.8. The summed E-state index contributed by atoms with van der Waals surface area (Å²) in [4.78, 5) is 12.5. The molecule has 0 heterocycles. The highest BCUT2D eigenvalue weighted by molar-refractivity contribution is 5.95. The second-order valence-electron chi connectivity index (χ2n) is 5.72. The average molecular weight is 311 g/mol. The number of nitrogens with one attached hydrogen (secondary N) is 1. The van der Waals surface area contributed by atoms with E-state index in [0.717, 1.165) is 29.7 Å². The Labute approximate surface area is 138 Å². The van der Waals surface area contributed by atoms with Gasteiger partial charge in [0, 0.05) is 5.69 Å². The van der Waals surface area contributed by atoms with Crippen LogP contribution in [0.4, 0.5) is 5.69 Å². The summed E-state index contributed by atoms with van der Waals surface area (Å²) < 4.78 is 5.74. The van der Waals surface area contributed by atoms with Gasteiger partial charge in [-0.3, -0.25) is 4.79 Å². The van der Waals surface area contributed by atoms with Crippen molar-refractivity contribution in [1.82, 2.24) is 0 Å². The van der Waals surface area contributed by atoms with Crippen molar-refractivity contribution in [2.45, 2.75) is 46.6 Å². The lowest BCUT2D eigenvalue weighted by Crippen LogP contribution is -2.30. The van der Waals surface area contributed by atoms with Crippen molar-refractivity contribution in [2.75, 3.05) is 5.32 Å². The summed E-state index contributed by atoms with van der Waals surface area (Å²) in [5, 5.41) is 3.05. The average Bonchev–Trinajstić information content (AvgIpc) is 2.56. The molecular weight excluding hydrogens is 286 g/mol. The van der Waals surface area contributed by atoms with Gasteiger partial charge in [0.2, 0.25) is 0 Å².